The summed E-state index contributed by atoms with van der Waals surface area (Å²) in [5, 5.41) is 0.467. The molecule has 0 N–H and O–H groups in total. The molecule has 1 aromatic heterocycles. The molecular weight excluding hydrogens is 288 g/mol. The summed E-state index contributed by atoms with van der Waals surface area (Å²) in [5.41, 5.74) is 1.12. The van der Waals surface area contributed by atoms with Crippen LogP contribution < -0.4 is 9.47 Å². The van der Waals surface area contributed by atoms with Gasteiger partial charge in [0.25, 0.3) is 5.91 Å². The van der Waals surface area contributed by atoms with Crippen LogP contribution in [0, 0.1) is 0 Å². The zero-order valence-corrected chi connectivity index (χ0v) is 13.6. The Balaban J connectivity index is 2.05. The fourth-order valence-electron chi connectivity index (χ4n) is 3.63. The summed E-state index contributed by atoms with van der Waals surface area (Å²) in [6.07, 6.45) is 7.32. The Labute approximate surface area is 130 Å². The second-order valence-corrected chi connectivity index (χ2v) is 6.57. The van der Waals surface area contributed by atoms with Gasteiger partial charge >= 0.3 is 5.28 Å². The highest BCUT2D eigenvalue weighted by Crippen LogP contribution is 2.36. The standard InChI is InChI=1S/C15H22ClN4O/c1-18(2)14(21)12-8-10-9-17-15(16)19(3)13(10)20(12)11-6-4-5-7-11/h9,11-12H,4-8H2,1-3H3/q+1. The van der Waals surface area contributed by atoms with Gasteiger partial charge in [-0.1, -0.05) is 4.98 Å². The van der Waals surface area contributed by atoms with Crippen molar-refractivity contribution < 1.29 is 9.36 Å². The quantitative estimate of drug-likeness (QED) is 0.611. The lowest BCUT2D eigenvalue weighted by Crippen LogP contribution is -2.52. The topological polar surface area (TPSA) is 40.3 Å². The molecule has 1 fully saturated rings. The number of hydrogen-bond donors (Lipinski definition) is 0. The summed E-state index contributed by atoms with van der Waals surface area (Å²) in [7, 11) is 5.57. The summed E-state index contributed by atoms with van der Waals surface area (Å²) in [6.45, 7) is 0. The first-order valence-electron chi connectivity index (χ1n) is 7.53. The van der Waals surface area contributed by atoms with Gasteiger partial charge < -0.3 is 4.90 Å². The van der Waals surface area contributed by atoms with E-state index in [0.717, 1.165) is 30.6 Å². The van der Waals surface area contributed by atoms with Gasteiger partial charge in [0.2, 0.25) is 5.82 Å². The molecule has 0 bridgehead atoms. The van der Waals surface area contributed by atoms with Crippen molar-refractivity contribution in [3.8, 4) is 0 Å². The fraction of sp³-hybridized carbons (Fsp3) is 0.667. The minimum absolute atomic E-state index is 0.121. The number of nitrogens with zero attached hydrogens (tertiary/aromatic N) is 4. The van der Waals surface area contributed by atoms with Gasteiger partial charge in [-0.05, 0) is 37.3 Å². The maximum Gasteiger partial charge on any atom is 0.334 e. The van der Waals surface area contributed by atoms with Crippen molar-refractivity contribution in [2.45, 2.75) is 44.2 Å². The van der Waals surface area contributed by atoms with Gasteiger partial charge in [0.15, 0.2) is 6.04 Å². The van der Waals surface area contributed by atoms with E-state index in [1.165, 1.54) is 12.8 Å². The monoisotopic (exact) mass is 309 g/mol. The summed E-state index contributed by atoms with van der Waals surface area (Å²) >= 11 is 6.18. The predicted octanol–water partition coefficient (Wildman–Crippen LogP) is 1.32. The summed E-state index contributed by atoms with van der Waals surface area (Å²) < 4.78 is 1.91. The van der Waals surface area contributed by atoms with Crippen molar-refractivity contribution in [1.82, 2.24) is 9.88 Å². The van der Waals surface area contributed by atoms with Crippen LogP contribution in [0.1, 0.15) is 31.2 Å². The normalized spacial score (nSPS) is 21.7. The highest BCUT2D eigenvalue weighted by Gasteiger charge is 2.46. The summed E-state index contributed by atoms with van der Waals surface area (Å²) in [6, 6.07) is 0.314. The Kier molecular flexibility index (Phi) is 3.78. The van der Waals surface area contributed by atoms with Crippen molar-refractivity contribution in [3.63, 3.8) is 0 Å². The van der Waals surface area contributed by atoms with Gasteiger partial charge in [-0.3, -0.25) is 9.69 Å². The zero-order valence-electron chi connectivity index (χ0n) is 12.8. The van der Waals surface area contributed by atoms with Crippen LogP contribution >= 0.6 is 11.6 Å². The van der Waals surface area contributed by atoms with Crippen LogP contribution in [-0.2, 0) is 18.3 Å². The third-order valence-corrected chi connectivity index (χ3v) is 5.00. The molecule has 0 saturated heterocycles. The van der Waals surface area contributed by atoms with E-state index >= 15 is 0 Å². The lowest BCUT2D eigenvalue weighted by molar-refractivity contribution is -0.659. The molecule has 0 radical (unpaired) electrons. The molecule has 1 saturated carbocycles. The van der Waals surface area contributed by atoms with Gasteiger partial charge in [-0.15, -0.1) is 0 Å². The highest BCUT2D eigenvalue weighted by molar-refractivity contribution is 6.27. The van der Waals surface area contributed by atoms with Gasteiger partial charge in [0.1, 0.15) is 6.20 Å². The van der Waals surface area contributed by atoms with Gasteiger partial charge in [-0.25, -0.2) is 4.57 Å². The Morgan fingerprint density at radius 2 is 2.10 bits per heavy atom. The third kappa shape index (κ3) is 2.37. The van der Waals surface area contributed by atoms with E-state index in [-0.39, 0.29) is 11.9 Å². The second-order valence-electron chi connectivity index (χ2n) is 6.23. The number of halogens is 1. The largest absolute Gasteiger partial charge is 0.346 e. The third-order valence-electron chi connectivity index (χ3n) is 4.65. The first-order chi connectivity index (χ1) is 10.0. The number of amides is 1. The molecule has 5 nitrogen and oxygen atoms in total. The molecular formula is C15H22ClN4O+. The molecule has 1 amide bonds. The fourth-order valence-corrected chi connectivity index (χ4v) is 3.76. The highest BCUT2D eigenvalue weighted by atomic mass is 35.5. The van der Waals surface area contributed by atoms with Crippen LogP contribution in [0.4, 0.5) is 5.82 Å². The van der Waals surface area contributed by atoms with E-state index in [9.17, 15) is 4.79 Å². The Hall–Kier alpha value is -1.36. The number of likely N-dealkylation sites (N-methyl/N-ethyl adjacent to an activating group) is 1. The second kappa shape index (κ2) is 5.44. The minimum Gasteiger partial charge on any atom is -0.346 e. The zero-order chi connectivity index (χ0) is 15.1. The Morgan fingerprint density at radius 1 is 1.43 bits per heavy atom. The van der Waals surface area contributed by atoms with Crippen LogP contribution in [0.15, 0.2) is 6.20 Å². The van der Waals surface area contributed by atoms with E-state index < -0.39 is 0 Å². The van der Waals surface area contributed by atoms with E-state index in [2.05, 4.69) is 9.88 Å². The molecule has 0 spiro atoms. The number of hydrogen-bond acceptors (Lipinski definition) is 3. The van der Waals surface area contributed by atoms with Gasteiger partial charge in [0.05, 0.1) is 18.7 Å². The predicted molar refractivity (Wildman–Crippen MR) is 81.3 cm³/mol. The minimum atomic E-state index is -0.121. The molecule has 1 unspecified atom stereocenters. The smallest absolute Gasteiger partial charge is 0.334 e. The van der Waals surface area contributed by atoms with E-state index in [1.807, 2.05) is 31.9 Å². The van der Waals surface area contributed by atoms with E-state index in [1.54, 1.807) is 4.90 Å². The van der Waals surface area contributed by atoms with E-state index in [4.69, 9.17) is 11.6 Å². The van der Waals surface area contributed by atoms with Crippen LogP contribution in [-0.4, -0.2) is 42.0 Å². The molecule has 1 aliphatic carbocycles. The van der Waals surface area contributed by atoms with Crippen molar-refractivity contribution in [2.75, 3.05) is 19.0 Å². The molecule has 2 aliphatic rings. The first-order valence-corrected chi connectivity index (χ1v) is 7.91. The molecule has 114 valence electrons. The average molecular weight is 310 g/mol. The van der Waals surface area contributed by atoms with Crippen LogP contribution in [0.2, 0.25) is 5.28 Å². The number of carbonyl (C=O) groups is 1. The molecule has 2 heterocycles. The SMILES string of the molecule is CN(C)C(=O)C1Cc2cnc(Cl)[n+](C)c2N1C1CCCC1. The lowest BCUT2D eigenvalue weighted by atomic mass is 10.1. The summed E-state index contributed by atoms with van der Waals surface area (Å²) in [4.78, 5) is 20.8. The van der Waals surface area contributed by atoms with E-state index in [0.29, 0.717) is 11.3 Å². The Morgan fingerprint density at radius 3 is 2.71 bits per heavy atom. The van der Waals surface area contributed by atoms with Crippen LogP contribution in [0.25, 0.3) is 0 Å². The van der Waals surface area contributed by atoms with Crippen LogP contribution in [0.3, 0.4) is 0 Å². The number of carbonyl (C=O) groups excluding carboxylic acids is 1. The van der Waals surface area contributed by atoms with Crippen LogP contribution in [0.5, 0.6) is 0 Å². The van der Waals surface area contributed by atoms with Crippen molar-refractivity contribution >= 4 is 23.3 Å². The van der Waals surface area contributed by atoms with Gasteiger partial charge in [-0.2, -0.15) is 0 Å². The lowest BCUT2D eigenvalue weighted by Gasteiger charge is -2.29. The average Bonchev–Trinajstić information content (AvgIpc) is 3.08. The first kappa shape index (κ1) is 14.6. The number of aromatic nitrogens is 2. The summed E-state index contributed by atoms with van der Waals surface area (Å²) in [5.74, 6) is 1.23. The molecule has 3 rings (SSSR count). The van der Waals surface area contributed by atoms with Crippen molar-refractivity contribution in [3.05, 3.63) is 17.0 Å². The maximum absolute atomic E-state index is 12.6. The molecule has 1 aromatic rings. The molecule has 1 atom stereocenters. The molecule has 6 heteroatoms. The maximum atomic E-state index is 12.6. The van der Waals surface area contributed by atoms with Crippen molar-refractivity contribution in [2.24, 2.45) is 7.05 Å². The molecule has 1 aliphatic heterocycles. The molecule has 0 aromatic carbocycles. The number of fused-ring (bicyclic) bond motifs is 1. The van der Waals surface area contributed by atoms with Crippen molar-refractivity contribution in [1.29, 1.82) is 0 Å². The number of anilines is 1. The van der Waals surface area contributed by atoms with Gasteiger partial charge in [0, 0.05) is 20.5 Å². The number of rotatable bonds is 2. The molecule has 21 heavy (non-hydrogen) atoms. The Bertz CT molecular complexity index is 569.